The van der Waals surface area contributed by atoms with Crippen molar-refractivity contribution in [1.82, 2.24) is 4.90 Å². The summed E-state index contributed by atoms with van der Waals surface area (Å²) < 4.78 is 0. The highest BCUT2D eigenvalue weighted by molar-refractivity contribution is 6.13. The third kappa shape index (κ3) is 1.83. The minimum Gasteiger partial charge on any atom is -0.306 e. The molecule has 0 saturated carbocycles. The van der Waals surface area contributed by atoms with E-state index in [0.29, 0.717) is 0 Å². The van der Waals surface area contributed by atoms with Gasteiger partial charge in [0.15, 0.2) is 5.78 Å². The molecule has 1 heterocycles. The molecule has 1 aliphatic heterocycles. The molecular weight excluding hydrogens is 210 g/mol. The summed E-state index contributed by atoms with van der Waals surface area (Å²) in [5.74, 6) is 0.278. The Hall–Kier alpha value is -1.41. The molecule has 1 aliphatic carbocycles. The summed E-state index contributed by atoms with van der Waals surface area (Å²) in [5, 5.41) is 0. The highest BCUT2D eigenvalue weighted by atomic mass is 16.1. The monoisotopic (exact) mass is 227 g/mol. The number of ketones is 1. The SMILES string of the molecule is CN1CCC(=C2Cc3ccccc3C2=O)CC1. The van der Waals surface area contributed by atoms with Gasteiger partial charge in [-0.2, -0.15) is 0 Å². The first-order chi connectivity index (χ1) is 8.25. The number of nitrogens with zero attached hydrogens (tertiary/aromatic N) is 1. The lowest BCUT2D eigenvalue weighted by Crippen LogP contribution is -2.27. The molecule has 2 nitrogen and oxygen atoms in total. The van der Waals surface area contributed by atoms with Gasteiger partial charge in [-0.15, -0.1) is 0 Å². The summed E-state index contributed by atoms with van der Waals surface area (Å²) in [6, 6.07) is 8.02. The fraction of sp³-hybridized carbons (Fsp3) is 0.400. The predicted octanol–water partition coefficient (Wildman–Crippen LogP) is 2.45. The van der Waals surface area contributed by atoms with Crippen molar-refractivity contribution >= 4 is 5.78 Å². The van der Waals surface area contributed by atoms with Gasteiger partial charge in [0.2, 0.25) is 0 Å². The zero-order valence-electron chi connectivity index (χ0n) is 10.2. The zero-order valence-corrected chi connectivity index (χ0v) is 10.2. The van der Waals surface area contributed by atoms with E-state index in [4.69, 9.17) is 0 Å². The first-order valence-electron chi connectivity index (χ1n) is 6.28. The van der Waals surface area contributed by atoms with Crippen LogP contribution in [0.1, 0.15) is 28.8 Å². The molecule has 3 rings (SSSR count). The predicted molar refractivity (Wildman–Crippen MR) is 68.2 cm³/mol. The minimum atomic E-state index is 0.278. The van der Waals surface area contributed by atoms with Gasteiger partial charge in [0.25, 0.3) is 0 Å². The molecule has 0 atom stereocenters. The zero-order chi connectivity index (χ0) is 11.8. The van der Waals surface area contributed by atoms with Gasteiger partial charge in [-0.05, 0) is 25.5 Å². The molecule has 0 spiro atoms. The molecule has 0 bridgehead atoms. The molecule has 0 amide bonds. The van der Waals surface area contributed by atoms with E-state index in [0.717, 1.165) is 43.5 Å². The number of fused-ring (bicyclic) bond motifs is 1. The smallest absolute Gasteiger partial charge is 0.189 e. The number of carbonyl (C=O) groups excluding carboxylic acids is 1. The molecule has 0 aromatic heterocycles. The molecule has 1 aromatic carbocycles. The Labute approximate surface area is 102 Å². The van der Waals surface area contributed by atoms with Crippen LogP contribution in [0.3, 0.4) is 0 Å². The van der Waals surface area contributed by atoms with Crippen molar-refractivity contribution in [2.75, 3.05) is 20.1 Å². The second-order valence-electron chi connectivity index (χ2n) is 5.05. The van der Waals surface area contributed by atoms with Crippen LogP contribution in [0.5, 0.6) is 0 Å². The van der Waals surface area contributed by atoms with E-state index in [1.165, 1.54) is 11.1 Å². The number of piperidine rings is 1. The van der Waals surface area contributed by atoms with Crippen molar-refractivity contribution in [1.29, 1.82) is 0 Å². The van der Waals surface area contributed by atoms with Crippen LogP contribution in [0.2, 0.25) is 0 Å². The third-order valence-corrected chi connectivity index (χ3v) is 3.92. The average molecular weight is 227 g/mol. The number of allylic oxidation sites excluding steroid dienone is 1. The summed E-state index contributed by atoms with van der Waals surface area (Å²) in [6.45, 7) is 2.17. The quantitative estimate of drug-likeness (QED) is 0.634. The number of hydrogen-bond acceptors (Lipinski definition) is 2. The Balaban J connectivity index is 1.93. The lowest BCUT2D eigenvalue weighted by Gasteiger charge is -2.25. The highest BCUT2D eigenvalue weighted by Crippen LogP contribution is 2.31. The molecule has 2 aliphatic rings. The number of benzene rings is 1. The maximum Gasteiger partial charge on any atom is 0.189 e. The van der Waals surface area contributed by atoms with E-state index >= 15 is 0 Å². The number of hydrogen-bond donors (Lipinski definition) is 0. The van der Waals surface area contributed by atoms with E-state index in [1.54, 1.807) is 0 Å². The van der Waals surface area contributed by atoms with Gasteiger partial charge in [-0.1, -0.05) is 29.8 Å². The van der Waals surface area contributed by atoms with Crippen LogP contribution >= 0.6 is 0 Å². The lowest BCUT2D eigenvalue weighted by molar-refractivity contribution is 0.103. The Morgan fingerprint density at radius 1 is 1.12 bits per heavy atom. The Bertz CT molecular complexity index is 491. The molecule has 1 aromatic rings. The summed E-state index contributed by atoms with van der Waals surface area (Å²) in [5.41, 5.74) is 4.61. The van der Waals surface area contributed by atoms with Gasteiger partial charge in [0.1, 0.15) is 0 Å². The Morgan fingerprint density at radius 2 is 1.82 bits per heavy atom. The third-order valence-electron chi connectivity index (χ3n) is 3.92. The molecule has 1 saturated heterocycles. The molecular formula is C15H17NO. The van der Waals surface area contributed by atoms with Gasteiger partial charge in [0, 0.05) is 30.6 Å². The topological polar surface area (TPSA) is 20.3 Å². The van der Waals surface area contributed by atoms with E-state index < -0.39 is 0 Å². The van der Waals surface area contributed by atoms with Crippen molar-refractivity contribution in [3.63, 3.8) is 0 Å². The van der Waals surface area contributed by atoms with Gasteiger partial charge in [-0.25, -0.2) is 0 Å². The lowest BCUT2D eigenvalue weighted by atomic mass is 9.96. The fourth-order valence-electron chi connectivity index (χ4n) is 2.81. The summed E-state index contributed by atoms with van der Waals surface area (Å²) >= 11 is 0. The van der Waals surface area contributed by atoms with Crippen molar-refractivity contribution < 1.29 is 4.79 Å². The van der Waals surface area contributed by atoms with E-state index in [-0.39, 0.29) is 5.78 Å². The molecule has 0 unspecified atom stereocenters. The van der Waals surface area contributed by atoms with Crippen LogP contribution in [0.4, 0.5) is 0 Å². The highest BCUT2D eigenvalue weighted by Gasteiger charge is 2.27. The Kier molecular flexibility index (Phi) is 2.60. The maximum atomic E-state index is 12.3. The maximum absolute atomic E-state index is 12.3. The number of likely N-dealkylation sites (tertiary alicyclic amines) is 1. The van der Waals surface area contributed by atoms with Gasteiger partial charge < -0.3 is 4.90 Å². The number of carbonyl (C=O) groups is 1. The Morgan fingerprint density at radius 3 is 2.53 bits per heavy atom. The van der Waals surface area contributed by atoms with E-state index in [2.05, 4.69) is 18.0 Å². The fourth-order valence-corrected chi connectivity index (χ4v) is 2.81. The molecule has 88 valence electrons. The average Bonchev–Trinajstić information content (AvgIpc) is 2.69. The summed E-state index contributed by atoms with van der Waals surface area (Å²) in [4.78, 5) is 14.6. The van der Waals surface area contributed by atoms with Crippen LogP contribution in [0.15, 0.2) is 35.4 Å². The normalized spacial score (nSPS) is 20.9. The van der Waals surface area contributed by atoms with E-state index in [1.807, 2.05) is 18.2 Å². The van der Waals surface area contributed by atoms with Crippen LogP contribution in [0.25, 0.3) is 0 Å². The summed E-state index contributed by atoms with van der Waals surface area (Å²) in [6.07, 6.45) is 2.98. The van der Waals surface area contributed by atoms with E-state index in [9.17, 15) is 4.79 Å². The van der Waals surface area contributed by atoms with Crippen molar-refractivity contribution in [2.24, 2.45) is 0 Å². The van der Waals surface area contributed by atoms with Crippen LogP contribution in [-0.2, 0) is 6.42 Å². The number of Topliss-reactive ketones (excluding diaryl/α,β-unsaturated/α-hetero) is 1. The van der Waals surface area contributed by atoms with Crippen LogP contribution in [0, 0.1) is 0 Å². The first-order valence-corrected chi connectivity index (χ1v) is 6.28. The van der Waals surface area contributed by atoms with Gasteiger partial charge in [-0.3, -0.25) is 4.79 Å². The minimum absolute atomic E-state index is 0.278. The van der Waals surface area contributed by atoms with Crippen molar-refractivity contribution in [3.05, 3.63) is 46.5 Å². The van der Waals surface area contributed by atoms with Crippen molar-refractivity contribution in [3.8, 4) is 0 Å². The molecule has 17 heavy (non-hydrogen) atoms. The second-order valence-corrected chi connectivity index (χ2v) is 5.05. The second kappa shape index (κ2) is 4.11. The first kappa shape index (κ1) is 10.7. The standard InChI is InChI=1S/C15H17NO/c1-16-8-6-11(7-9-16)14-10-12-4-2-3-5-13(12)15(14)17/h2-5H,6-10H2,1H3. The van der Waals surface area contributed by atoms with Gasteiger partial charge in [0.05, 0.1) is 0 Å². The summed E-state index contributed by atoms with van der Waals surface area (Å²) in [7, 11) is 2.15. The van der Waals surface area contributed by atoms with Crippen LogP contribution in [-0.4, -0.2) is 30.8 Å². The molecule has 2 heteroatoms. The van der Waals surface area contributed by atoms with Gasteiger partial charge >= 0.3 is 0 Å². The molecule has 1 fully saturated rings. The largest absolute Gasteiger partial charge is 0.306 e. The molecule has 0 N–H and O–H groups in total. The van der Waals surface area contributed by atoms with Crippen LogP contribution < -0.4 is 0 Å². The number of rotatable bonds is 0. The molecule has 0 radical (unpaired) electrons. The van der Waals surface area contributed by atoms with Crippen molar-refractivity contribution in [2.45, 2.75) is 19.3 Å².